The van der Waals surface area contributed by atoms with Crippen LogP contribution in [0.4, 0.5) is 0 Å². The van der Waals surface area contributed by atoms with Gasteiger partial charge in [0.05, 0.1) is 11.9 Å². The molecule has 0 N–H and O–H groups in total. The molecular formula is C34H57N3OSi. The summed E-state index contributed by atoms with van der Waals surface area (Å²) in [7, 11) is 0.717. The average molecular weight is 552 g/mol. The third kappa shape index (κ3) is 16.3. The van der Waals surface area contributed by atoms with Crippen molar-refractivity contribution in [3.8, 4) is 11.4 Å². The number of aryl methyl sites for hydroxylation is 1. The van der Waals surface area contributed by atoms with Gasteiger partial charge < -0.3 is 4.74 Å². The normalized spacial score (nSPS) is 13.0. The van der Waals surface area contributed by atoms with E-state index in [-0.39, 0.29) is 0 Å². The standard InChI is InChI=1S/C34H57N3OSi/c1-5-7-9-15-23-38-24-16-14-20-31-21-22-32(36-25-31)33-26-35-27-34(37-33)39-28-30(4)19-13-10-12-18-29(3)17-11-8-6-2/h21-22,25-27,29-30H,5-20,23-24,28H2,1-4H3. The predicted octanol–water partition coefficient (Wildman–Crippen LogP) is 9.01. The molecule has 0 bridgehead atoms. The van der Waals surface area contributed by atoms with E-state index in [2.05, 4.69) is 44.8 Å². The highest BCUT2D eigenvalue weighted by Crippen LogP contribution is 2.19. The van der Waals surface area contributed by atoms with Crippen LogP contribution in [-0.4, -0.2) is 37.7 Å². The summed E-state index contributed by atoms with van der Waals surface area (Å²) in [5.41, 5.74) is 3.10. The maximum absolute atomic E-state index is 5.76. The zero-order valence-electron chi connectivity index (χ0n) is 25.7. The van der Waals surface area contributed by atoms with Crippen molar-refractivity contribution >= 4 is 14.8 Å². The molecule has 2 unspecified atom stereocenters. The summed E-state index contributed by atoms with van der Waals surface area (Å²) in [6.07, 6.45) is 26.6. The van der Waals surface area contributed by atoms with Crippen molar-refractivity contribution < 1.29 is 4.74 Å². The summed E-state index contributed by atoms with van der Waals surface area (Å²) in [6.45, 7) is 11.2. The first-order valence-corrected chi connectivity index (χ1v) is 17.4. The number of nitrogens with zero attached hydrogens (tertiary/aromatic N) is 3. The Morgan fingerprint density at radius 3 is 2.08 bits per heavy atom. The van der Waals surface area contributed by atoms with Crippen LogP contribution in [0, 0.1) is 11.8 Å². The van der Waals surface area contributed by atoms with Crippen molar-refractivity contribution in [1.82, 2.24) is 15.0 Å². The maximum Gasteiger partial charge on any atom is 0.110 e. The lowest BCUT2D eigenvalue weighted by atomic mass is 9.96. The molecule has 218 valence electrons. The summed E-state index contributed by atoms with van der Waals surface area (Å²) < 4.78 is 5.76. The van der Waals surface area contributed by atoms with Gasteiger partial charge in [-0.1, -0.05) is 117 Å². The Labute approximate surface area is 243 Å². The van der Waals surface area contributed by atoms with E-state index in [1.165, 1.54) is 95.1 Å². The minimum absolute atomic E-state index is 0.717. The fourth-order valence-corrected chi connectivity index (χ4v) is 6.12. The van der Waals surface area contributed by atoms with Gasteiger partial charge >= 0.3 is 0 Å². The number of rotatable bonds is 24. The first kappa shape index (κ1) is 33.6. The number of aromatic nitrogens is 3. The van der Waals surface area contributed by atoms with Crippen LogP contribution in [0.1, 0.15) is 130 Å². The molecular weight excluding hydrogens is 494 g/mol. The molecule has 4 nitrogen and oxygen atoms in total. The highest BCUT2D eigenvalue weighted by Gasteiger charge is 2.09. The van der Waals surface area contributed by atoms with Gasteiger partial charge in [0.1, 0.15) is 15.2 Å². The molecule has 5 heteroatoms. The Morgan fingerprint density at radius 2 is 1.36 bits per heavy atom. The number of pyridine rings is 1. The number of hydrogen-bond acceptors (Lipinski definition) is 4. The zero-order valence-corrected chi connectivity index (χ0v) is 26.7. The smallest absolute Gasteiger partial charge is 0.110 e. The van der Waals surface area contributed by atoms with Crippen LogP contribution in [0.25, 0.3) is 11.4 Å². The highest BCUT2D eigenvalue weighted by atomic mass is 28.2. The summed E-state index contributed by atoms with van der Waals surface area (Å²) >= 11 is 0. The first-order valence-electron chi connectivity index (χ1n) is 16.2. The molecule has 0 saturated heterocycles. The lowest BCUT2D eigenvalue weighted by Gasteiger charge is -2.12. The summed E-state index contributed by atoms with van der Waals surface area (Å²) in [5, 5.41) is 1.11. The van der Waals surface area contributed by atoms with E-state index >= 15 is 0 Å². The largest absolute Gasteiger partial charge is 0.381 e. The second-order valence-electron chi connectivity index (χ2n) is 11.7. The molecule has 0 aromatic carbocycles. The van der Waals surface area contributed by atoms with Crippen LogP contribution >= 0.6 is 0 Å². The highest BCUT2D eigenvalue weighted by molar-refractivity contribution is 6.52. The first-order chi connectivity index (χ1) is 19.1. The van der Waals surface area contributed by atoms with Crippen LogP contribution in [-0.2, 0) is 11.2 Å². The van der Waals surface area contributed by atoms with E-state index in [1.807, 2.05) is 18.6 Å². The summed E-state index contributed by atoms with van der Waals surface area (Å²) in [4.78, 5) is 14.1. The molecule has 2 aromatic rings. The quantitative estimate of drug-likeness (QED) is 0.0964. The van der Waals surface area contributed by atoms with Crippen molar-refractivity contribution in [3.05, 3.63) is 36.3 Å². The van der Waals surface area contributed by atoms with Crippen molar-refractivity contribution in [1.29, 1.82) is 0 Å². The minimum atomic E-state index is 0.717. The monoisotopic (exact) mass is 551 g/mol. The van der Waals surface area contributed by atoms with E-state index in [0.29, 0.717) is 0 Å². The van der Waals surface area contributed by atoms with Crippen molar-refractivity contribution in [2.45, 2.75) is 136 Å². The van der Waals surface area contributed by atoms with Gasteiger partial charge in [-0.15, -0.1) is 0 Å². The molecule has 0 aliphatic carbocycles. The van der Waals surface area contributed by atoms with E-state index < -0.39 is 0 Å². The van der Waals surface area contributed by atoms with Crippen LogP contribution in [0.5, 0.6) is 0 Å². The van der Waals surface area contributed by atoms with Crippen LogP contribution < -0.4 is 5.32 Å². The van der Waals surface area contributed by atoms with E-state index in [0.717, 1.165) is 70.5 Å². The van der Waals surface area contributed by atoms with Gasteiger partial charge in [0.25, 0.3) is 0 Å². The van der Waals surface area contributed by atoms with Gasteiger partial charge in [-0.05, 0) is 49.1 Å². The van der Waals surface area contributed by atoms with Crippen LogP contribution in [0.3, 0.4) is 0 Å². The number of hydrogen-bond donors (Lipinski definition) is 0. The predicted molar refractivity (Wildman–Crippen MR) is 169 cm³/mol. The second-order valence-corrected chi connectivity index (χ2v) is 13.0. The van der Waals surface area contributed by atoms with E-state index in [1.54, 1.807) is 0 Å². The average Bonchev–Trinajstić information content (AvgIpc) is 2.95. The molecule has 0 spiro atoms. The third-order valence-corrected chi connectivity index (χ3v) is 9.20. The molecule has 2 atom stereocenters. The van der Waals surface area contributed by atoms with Gasteiger partial charge in [0.15, 0.2) is 0 Å². The fourth-order valence-electron chi connectivity index (χ4n) is 5.00. The molecule has 2 radical (unpaired) electrons. The molecule has 2 heterocycles. The SMILES string of the molecule is CCCCCCOCCCCc1ccc(-c2cncc([Si]CC(C)CCCCCC(C)CCCCC)n2)nc1. The Bertz CT molecular complexity index is 845. The van der Waals surface area contributed by atoms with E-state index in [4.69, 9.17) is 14.7 Å². The lowest BCUT2D eigenvalue weighted by molar-refractivity contribution is 0.126. The number of unbranched alkanes of at least 4 members (excludes halogenated alkanes) is 8. The fraction of sp³-hybridized carbons (Fsp3) is 0.735. The van der Waals surface area contributed by atoms with Gasteiger partial charge in [0, 0.05) is 30.9 Å². The van der Waals surface area contributed by atoms with Gasteiger partial charge in [0.2, 0.25) is 0 Å². The zero-order chi connectivity index (χ0) is 28.0. The second kappa shape index (κ2) is 22.1. The van der Waals surface area contributed by atoms with E-state index in [9.17, 15) is 0 Å². The third-order valence-electron chi connectivity index (χ3n) is 7.69. The van der Waals surface area contributed by atoms with Crippen molar-refractivity contribution in [2.24, 2.45) is 11.8 Å². The summed E-state index contributed by atoms with van der Waals surface area (Å²) in [5.74, 6) is 1.65. The summed E-state index contributed by atoms with van der Waals surface area (Å²) in [6, 6.07) is 5.50. The Morgan fingerprint density at radius 1 is 0.692 bits per heavy atom. The van der Waals surface area contributed by atoms with Crippen LogP contribution in [0.2, 0.25) is 6.04 Å². The topological polar surface area (TPSA) is 47.9 Å². The maximum atomic E-state index is 5.76. The molecule has 0 fully saturated rings. The molecule has 0 aliphatic heterocycles. The van der Waals surface area contributed by atoms with Gasteiger partial charge in [-0.2, -0.15) is 0 Å². The van der Waals surface area contributed by atoms with Gasteiger partial charge in [-0.3, -0.25) is 15.0 Å². The lowest BCUT2D eigenvalue weighted by Crippen LogP contribution is -2.21. The molecule has 0 aliphatic rings. The molecule has 2 rings (SSSR count). The van der Waals surface area contributed by atoms with Crippen molar-refractivity contribution in [2.75, 3.05) is 13.2 Å². The molecule has 2 aromatic heterocycles. The molecule has 0 amide bonds. The van der Waals surface area contributed by atoms with Gasteiger partial charge in [-0.25, -0.2) is 0 Å². The molecule has 0 saturated carbocycles. The Kier molecular flexibility index (Phi) is 19.1. The number of ether oxygens (including phenoxy) is 1. The van der Waals surface area contributed by atoms with Crippen molar-refractivity contribution in [3.63, 3.8) is 0 Å². The Balaban J connectivity index is 1.61. The minimum Gasteiger partial charge on any atom is -0.381 e. The van der Waals surface area contributed by atoms with Crippen LogP contribution in [0.15, 0.2) is 30.7 Å². The Hall–Kier alpha value is -1.59. The molecule has 39 heavy (non-hydrogen) atoms.